The van der Waals surface area contributed by atoms with Crippen LogP contribution in [-0.2, 0) is 0 Å². The molecule has 9 heavy (non-hydrogen) atoms. The molecule has 1 rings (SSSR count). The summed E-state index contributed by atoms with van der Waals surface area (Å²) in [4.78, 5) is 0. The molecule has 0 radical (unpaired) electrons. The van der Waals surface area contributed by atoms with Gasteiger partial charge >= 0.3 is 0 Å². The molecule has 0 N–H and O–H groups in total. The molecule has 0 fully saturated rings. The van der Waals surface area contributed by atoms with Gasteiger partial charge in [-0.2, -0.15) is 6.07 Å². The van der Waals surface area contributed by atoms with E-state index >= 15 is 0 Å². The fourth-order valence-corrected chi connectivity index (χ4v) is 0.531. The zero-order valence-corrected chi connectivity index (χ0v) is 8.42. The second kappa shape index (κ2) is 2.50. The summed E-state index contributed by atoms with van der Waals surface area (Å²) in [5, 5.41) is 3.91. The van der Waals surface area contributed by atoms with E-state index in [1.165, 1.54) is 0 Å². The second-order valence-corrected chi connectivity index (χ2v) is 2.02. The van der Waals surface area contributed by atoms with E-state index in [2.05, 4.69) is 25.1 Å². The van der Waals surface area contributed by atoms with E-state index in [-0.39, 0.29) is 0 Å². The summed E-state index contributed by atoms with van der Waals surface area (Å²) in [5.41, 5.74) is 0. The smallest absolute Gasteiger partial charge is 0.0254 e. The van der Waals surface area contributed by atoms with E-state index in [1.807, 2.05) is 10.9 Å². The van der Waals surface area contributed by atoms with E-state index in [9.17, 15) is 0 Å². The second-order valence-electron chi connectivity index (χ2n) is 2.02. The van der Waals surface area contributed by atoms with Crippen molar-refractivity contribution in [3.05, 3.63) is 18.5 Å². The van der Waals surface area contributed by atoms with E-state index in [0.29, 0.717) is 6.04 Å². The van der Waals surface area contributed by atoms with E-state index in [4.69, 9.17) is 0 Å². The first kappa shape index (κ1) is 7.21. The summed E-state index contributed by atoms with van der Waals surface area (Å²) in [5.74, 6) is 0. The molecule has 52 valence electrons. The first-order valence-electron chi connectivity index (χ1n) is 2.72. The standard InChI is InChI=1S/C6H9N2.Cm/c1-6(2)8-5-3-4-7-8;/h3,5-6H,1-2H3;/q-1;. The maximum Gasteiger partial charge on any atom is 0.0254 e. The minimum Gasteiger partial charge on any atom is -0.366 e. The third-order valence-corrected chi connectivity index (χ3v) is 1.00. The summed E-state index contributed by atoms with van der Waals surface area (Å²) in [6, 6.07) is 2.27. The van der Waals surface area contributed by atoms with Crippen LogP contribution in [0.5, 0.6) is 0 Å². The molecule has 1 heterocycles. The van der Waals surface area contributed by atoms with Crippen molar-refractivity contribution in [2.75, 3.05) is 0 Å². The van der Waals surface area contributed by atoms with Gasteiger partial charge in [0, 0.05) is 6.04 Å². The zero-order chi connectivity index (χ0) is 5.98. The van der Waals surface area contributed by atoms with Crippen molar-refractivity contribution in [1.82, 2.24) is 9.78 Å². The molecule has 0 spiro atoms. The van der Waals surface area contributed by atoms with Crippen LogP contribution in [0.2, 0.25) is 0 Å². The van der Waals surface area contributed by atoms with Crippen molar-refractivity contribution in [3.8, 4) is 0 Å². The average molecular weight is 356 g/mol. The zero-order valence-electron chi connectivity index (χ0n) is 5.48. The molecule has 0 amide bonds. The molecule has 0 bridgehead atoms. The number of hydrogen-bond donors (Lipinski definition) is 0. The Bertz CT molecular complexity index is 146. The predicted molar refractivity (Wildman–Crippen MR) is 31.4 cm³/mol. The Kier molecular flexibility index (Phi) is 2.00. The van der Waals surface area contributed by atoms with Gasteiger partial charge in [0.15, 0.2) is 0 Å². The van der Waals surface area contributed by atoms with Crippen molar-refractivity contribution in [2.45, 2.75) is 19.9 Å². The van der Waals surface area contributed by atoms with Crippen molar-refractivity contribution >= 4 is 0 Å². The van der Waals surface area contributed by atoms with Crippen molar-refractivity contribution in [1.29, 1.82) is 0 Å². The number of nitrogens with zero attached hydrogens (tertiary/aromatic N) is 2. The predicted octanol–water partition coefficient (Wildman–Crippen LogP) is 1.26. The van der Waals surface area contributed by atoms with Crippen molar-refractivity contribution < 1.29 is 0 Å². The summed E-state index contributed by atoms with van der Waals surface area (Å²) in [6.07, 6.45) is 4.63. The molecule has 1 aromatic rings. The first-order valence-corrected chi connectivity index (χ1v) is 2.72. The van der Waals surface area contributed by atoms with Crippen LogP contribution in [0.15, 0.2) is 12.3 Å². The van der Waals surface area contributed by atoms with Gasteiger partial charge < -0.3 is 9.78 Å². The van der Waals surface area contributed by atoms with Gasteiger partial charge in [0.1, 0.15) is 0 Å². The van der Waals surface area contributed by atoms with Crippen LogP contribution in [0.25, 0.3) is 0 Å². The number of aromatic nitrogens is 2. The molecule has 3 heteroatoms. The SMILES string of the molecule is CC(C)n1cc[c-]n1.[Cm]. The molecule has 0 saturated carbocycles. The average Bonchev–Trinajstić information content (AvgIpc) is 2.12. The van der Waals surface area contributed by atoms with Crippen LogP contribution in [0.4, 0.5) is 0 Å². The molecule has 0 aromatic carbocycles. The van der Waals surface area contributed by atoms with Crippen LogP contribution in [0.1, 0.15) is 19.9 Å². The van der Waals surface area contributed by atoms with E-state index in [1.54, 1.807) is 6.07 Å². The van der Waals surface area contributed by atoms with Gasteiger partial charge in [-0.15, -0.1) is 12.4 Å². The fourth-order valence-electron chi connectivity index (χ4n) is 0.531. The molecule has 0 atom stereocenters. The first-order chi connectivity index (χ1) is 3.80. The Balaban J connectivity index is 0.000000640. The summed E-state index contributed by atoms with van der Waals surface area (Å²) < 4.78 is 1.86. The Morgan fingerprint density at radius 1 is 1.56 bits per heavy atom. The van der Waals surface area contributed by atoms with Crippen LogP contribution >= 0.6 is 0 Å². The fraction of sp³-hybridized carbons (Fsp3) is 0.500. The van der Waals surface area contributed by atoms with Crippen molar-refractivity contribution in [3.63, 3.8) is 0 Å². The maximum absolute atomic E-state index is 3.91. The van der Waals surface area contributed by atoms with E-state index in [0.717, 1.165) is 0 Å². The van der Waals surface area contributed by atoms with Crippen LogP contribution in [-0.4, -0.2) is 9.78 Å². The molecule has 0 unspecified atom stereocenters. The Morgan fingerprint density at radius 3 is 2.44 bits per heavy atom. The van der Waals surface area contributed by atoms with Gasteiger partial charge in [-0.1, -0.05) is 0 Å². The summed E-state index contributed by atoms with van der Waals surface area (Å²) in [7, 11) is 0. The Morgan fingerprint density at radius 2 is 2.22 bits per heavy atom. The van der Waals surface area contributed by atoms with Crippen LogP contribution in [0.3, 0.4) is 0 Å². The molecule has 0 aliphatic heterocycles. The topological polar surface area (TPSA) is 17.8 Å². The van der Waals surface area contributed by atoms with Gasteiger partial charge in [0.2, 0.25) is 0 Å². The Hall–Kier alpha value is -1.79. The van der Waals surface area contributed by atoms with Gasteiger partial charge in [0.05, 0.1) is 0 Å². The minimum atomic E-state index is 0. The monoisotopic (exact) mass is 352 g/mol. The Labute approximate surface area is 49.1 Å². The normalized spacial score (nSPS) is 9.22. The number of hydrogen-bond acceptors (Lipinski definition) is 1. The quantitative estimate of drug-likeness (QED) is 0.693. The molecule has 2 nitrogen and oxygen atoms in total. The van der Waals surface area contributed by atoms with Gasteiger partial charge in [0.25, 0.3) is 0 Å². The van der Waals surface area contributed by atoms with Gasteiger partial charge in [-0.3, -0.25) is 0 Å². The third kappa shape index (κ3) is 1.30. The van der Waals surface area contributed by atoms with Crippen LogP contribution < -0.4 is 0 Å². The molecular weight excluding hydrogens is 347 g/mol. The van der Waals surface area contributed by atoms with Crippen LogP contribution in [0, 0.1) is 6.20 Å². The largest absolute Gasteiger partial charge is 0.366 e. The number of rotatable bonds is 1. The maximum atomic E-state index is 3.91. The molecule has 0 aliphatic rings. The van der Waals surface area contributed by atoms with E-state index < -0.39 is 0 Å². The summed E-state index contributed by atoms with van der Waals surface area (Å²) >= 11 is 0. The molecule has 0 aliphatic carbocycles. The minimum absolute atomic E-state index is 0. The van der Waals surface area contributed by atoms with Gasteiger partial charge in [-0.05, 0) is 13.8 Å². The summed E-state index contributed by atoms with van der Waals surface area (Å²) in [6.45, 7) is 4.17. The van der Waals surface area contributed by atoms with Gasteiger partial charge in [-0.25, -0.2) is 0 Å². The molecule has 1 aromatic heterocycles. The van der Waals surface area contributed by atoms with Crippen molar-refractivity contribution in [2.24, 2.45) is 0 Å². The molecular formula is C6H9CmN2-. The molecule has 0 saturated heterocycles. The third-order valence-electron chi connectivity index (χ3n) is 1.00.